The second kappa shape index (κ2) is 10.8. The molecule has 2 heterocycles. The van der Waals surface area contributed by atoms with Gasteiger partial charge in [0.15, 0.2) is 0 Å². The van der Waals surface area contributed by atoms with Crippen LogP contribution in [0, 0.1) is 0 Å². The summed E-state index contributed by atoms with van der Waals surface area (Å²) >= 11 is 0. The number of para-hydroxylation sites is 1. The fourth-order valence-corrected chi connectivity index (χ4v) is 3.92. The lowest BCUT2D eigenvalue weighted by Crippen LogP contribution is -2.37. The monoisotopic (exact) mass is 476 g/mol. The van der Waals surface area contributed by atoms with Crippen LogP contribution >= 0.6 is 0 Å². The Morgan fingerprint density at radius 3 is 2.49 bits per heavy atom. The van der Waals surface area contributed by atoms with Crippen LogP contribution in [0.15, 0.2) is 54.6 Å². The van der Waals surface area contributed by atoms with E-state index in [2.05, 4.69) is 27.7 Å². The number of pyridine rings is 1. The molecule has 0 unspecified atom stereocenters. The van der Waals surface area contributed by atoms with E-state index >= 15 is 0 Å². The van der Waals surface area contributed by atoms with Crippen molar-refractivity contribution in [2.24, 2.45) is 0 Å². The van der Waals surface area contributed by atoms with Crippen LogP contribution in [-0.2, 0) is 20.8 Å². The average molecular weight is 477 g/mol. The van der Waals surface area contributed by atoms with E-state index in [9.17, 15) is 9.59 Å². The number of fused-ring (bicyclic) bond motifs is 1. The van der Waals surface area contributed by atoms with E-state index in [1.807, 2.05) is 42.5 Å². The van der Waals surface area contributed by atoms with Crippen LogP contribution < -0.4 is 10.6 Å². The summed E-state index contributed by atoms with van der Waals surface area (Å²) in [6, 6.07) is 17.9. The van der Waals surface area contributed by atoms with E-state index < -0.39 is 11.7 Å². The first kappa shape index (κ1) is 24.6. The third-order valence-electron chi connectivity index (χ3n) is 5.56. The Hall–Kier alpha value is -3.49. The van der Waals surface area contributed by atoms with Gasteiger partial charge in [0.05, 0.1) is 24.4 Å². The minimum Gasteiger partial charge on any atom is -0.444 e. The summed E-state index contributed by atoms with van der Waals surface area (Å²) in [5.74, 6) is -0.333. The molecular formula is C27H32N4O4. The highest BCUT2D eigenvalue weighted by Gasteiger charge is 2.17. The van der Waals surface area contributed by atoms with E-state index in [0.717, 1.165) is 55.0 Å². The van der Waals surface area contributed by atoms with E-state index in [1.54, 1.807) is 20.8 Å². The Bertz CT molecular complexity index is 1180. The molecule has 0 aliphatic carbocycles. The average Bonchev–Trinajstić information content (AvgIpc) is 2.83. The molecule has 8 heteroatoms. The summed E-state index contributed by atoms with van der Waals surface area (Å²) in [4.78, 5) is 31.2. The predicted octanol–water partition coefficient (Wildman–Crippen LogP) is 4.20. The standard InChI is InChI=1S/C27H32N4O4/c1-27(2,3)35-26(33)28-17-25(32)29-21-10-8-19(9-11-21)24-16-20(18-31-12-14-34-15-13-31)22-6-4-5-7-23(22)30-24/h4-11,16H,12-15,17-18H2,1-3H3,(H,28,33)(H,29,32). The number of hydrogen-bond acceptors (Lipinski definition) is 6. The molecule has 0 bridgehead atoms. The van der Waals surface area contributed by atoms with Gasteiger partial charge in [-0.3, -0.25) is 9.69 Å². The van der Waals surface area contributed by atoms with Gasteiger partial charge in [0.25, 0.3) is 0 Å². The fraction of sp³-hybridized carbons (Fsp3) is 0.370. The molecular weight excluding hydrogens is 444 g/mol. The lowest BCUT2D eigenvalue weighted by Gasteiger charge is -2.27. The van der Waals surface area contributed by atoms with Crippen molar-refractivity contribution < 1.29 is 19.1 Å². The molecule has 0 radical (unpaired) electrons. The summed E-state index contributed by atoms with van der Waals surface area (Å²) in [5.41, 5.74) is 4.06. The van der Waals surface area contributed by atoms with Crippen molar-refractivity contribution in [2.45, 2.75) is 32.9 Å². The number of anilines is 1. The number of alkyl carbamates (subject to hydrolysis) is 1. The highest BCUT2D eigenvalue weighted by molar-refractivity contribution is 5.94. The molecule has 2 aromatic carbocycles. The molecule has 1 saturated heterocycles. The van der Waals surface area contributed by atoms with Crippen LogP contribution in [-0.4, -0.2) is 60.3 Å². The van der Waals surface area contributed by atoms with Crippen molar-refractivity contribution in [3.63, 3.8) is 0 Å². The summed E-state index contributed by atoms with van der Waals surface area (Å²) in [5, 5.41) is 6.40. The molecule has 0 saturated carbocycles. The number of hydrogen-bond donors (Lipinski definition) is 2. The summed E-state index contributed by atoms with van der Waals surface area (Å²) < 4.78 is 10.6. The van der Waals surface area contributed by atoms with Crippen LogP contribution in [0.1, 0.15) is 26.3 Å². The Morgan fingerprint density at radius 2 is 1.77 bits per heavy atom. The molecule has 1 aromatic heterocycles. The van der Waals surface area contributed by atoms with Crippen LogP contribution in [0.2, 0.25) is 0 Å². The smallest absolute Gasteiger partial charge is 0.408 e. The molecule has 0 spiro atoms. The van der Waals surface area contributed by atoms with Crippen LogP contribution in [0.3, 0.4) is 0 Å². The zero-order valence-electron chi connectivity index (χ0n) is 20.5. The maximum absolute atomic E-state index is 12.2. The number of rotatable bonds is 6. The first-order chi connectivity index (χ1) is 16.8. The minimum absolute atomic E-state index is 0.173. The van der Waals surface area contributed by atoms with Crippen molar-refractivity contribution in [1.29, 1.82) is 0 Å². The molecule has 1 aliphatic rings. The zero-order valence-corrected chi connectivity index (χ0v) is 20.5. The van der Waals surface area contributed by atoms with Crippen molar-refractivity contribution in [2.75, 3.05) is 38.2 Å². The highest BCUT2D eigenvalue weighted by atomic mass is 16.6. The van der Waals surface area contributed by atoms with Gasteiger partial charge in [0.1, 0.15) is 12.1 Å². The summed E-state index contributed by atoms with van der Waals surface area (Å²) in [7, 11) is 0. The topological polar surface area (TPSA) is 92.8 Å². The first-order valence-electron chi connectivity index (χ1n) is 11.8. The van der Waals surface area contributed by atoms with Gasteiger partial charge in [0, 0.05) is 36.3 Å². The van der Waals surface area contributed by atoms with Gasteiger partial charge < -0.3 is 20.1 Å². The minimum atomic E-state index is -0.627. The van der Waals surface area contributed by atoms with Crippen LogP contribution in [0.5, 0.6) is 0 Å². The lowest BCUT2D eigenvalue weighted by atomic mass is 10.0. The normalized spacial score (nSPS) is 14.5. The van der Waals surface area contributed by atoms with E-state index in [4.69, 9.17) is 14.5 Å². The summed E-state index contributed by atoms with van der Waals surface area (Å²) in [6.45, 7) is 9.34. The number of morpholine rings is 1. The molecule has 3 aromatic rings. The second-order valence-corrected chi connectivity index (χ2v) is 9.55. The van der Waals surface area contributed by atoms with Gasteiger partial charge in [-0.2, -0.15) is 0 Å². The van der Waals surface area contributed by atoms with Gasteiger partial charge in [-0.05, 0) is 50.6 Å². The molecule has 2 amide bonds. The van der Waals surface area contributed by atoms with E-state index in [-0.39, 0.29) is 12.5 Å². The van der Waals surface area contributed by atoms with Crippen molar-refractivity contribution in [3.8, 4) is 11.3 Å². The molecule has 35 heavy (non-hydrogen) atoms. The van der Waals surface area contributed by atoms with Gasteiger partial charge in [0.2, 0.25) is 5.91 Å². The molecule has 4 rings (SSSR count). The Balaban J connectivity index is 1.44. The zero-order chi connectivity index (χ0) is 24.8. The van der Waals surface area contributed by atoms with Crippen molar-refractivity contribution in [1.82, 2.24) is 15.2 Å². The van der Waals surface area contributed by atoms with Gasteiger partial charge in [-0.15, -0.1) is 0 Å². The third kappa shape index (κ3) is 7.00. The lowest BCUT2D eigenvalue weighted by molar-refractivity contribution is -0.115. The maximum atomic E-state index is 12.2. The van der Waals surface area contributed by atoms with Gasteiger partial charge in [-0.25, -0.2) is 9.78 Å². The maximum Gasteiger partial charge on any atom is 0.408 e. The van der Waals surface area contributed by atoms with Crippen LogP contribution in [0.4, 0.5) is 10.5 Å². The van der Waals surface area contributed by atoms with Gasteiger partial charge >= 0.3 is 6.09 Å². The number of carbonyl (C=O) groups excluding carboxylic acids is 2. The van der Waals surface area contributed by atoms with Gasteiger partial charge in [-0.1, -0.05) is 30.3 Å². The van der Waals surface area contributed by atoms with E-state index in [0.29, 0.717) is 5.69 Å². The van der Waals surface area contributed by atoms with E-state index in [1.165, 1.54) is 5.56 Å². The molecule has 8 nitrogen and oxygen atoms in total. The molecule has 1 aliphatic heterocycles. The molecule has 1 fully saturated rings. The second-order valence-electron chi connectivity index (χ2n) is 9.55. The molecule has 0 atom stereocenters. The van der Waals surface area contributed by atoms with Crippen LogP contribution in [0.25, 0.3) is 22.2 Å². The number of nitrogens with one attached hydrogen (secondary N) is 2. The fourth-order valence-electron chi connectivity index (χ4n) is 3.92. The highest BCUT2D eigenvalue weighted by Crippen LogP contribution is 2.27. The molecule has 184 valence electrons. The number of carbonyl (C=O) groups is 2. The third-order valence-corrected chi connectivity index (χ3v) is 5.56. The largest absolute Gasteiger partial charge is 0.444 e. The molecule has 2 N–H and O–H groups in total. The number of amides is 2. The predicted molar refractivity (Wildman–Crippen MR) is 136 cm³/mol. The number of nitrogens with zero attached hydrogens (tertiary/aromatic N) is 2. The Labute approximate surface area is 205 Å². The number of benzene rings is 2. The van der Waals surface area contributed by atoms with Crippen molar-refractivity contribution in [3.05, 3.63) is 60.2 Å². The SMILES string of the molecule is CC(C)(C)OC(=O)NCC(=O)Nc1ccc(-c2cc(CN3CCOCC3)c3ccccc3n2)cc1. The number of aromatic nitrogens is 1. The Kier molecular flexibility index (Phi) is 7.63. The number of ether oxygens (including phenoxy) is 2. The Morgan fingerprint density at radius 1 is 1.06 bits per heavy atom. The first-order valence-corrected chi connectivity index (χ1v) is 11.8. The van der Waals surface area contributed by atoms with Crippen molar-refractivity contribution >= 4 is 28.6 Å². The quantitative estimate of drug-likeness (QED) is 0.554. The summed E-state index contributed by atoms with van der Waals surface area (Å²) in [6.07, 6.45) is -0.627.